The molecule has 2 heterocycles. The van der Waals surface area contributed by atoms with Crippen LogP contribution in [0.4, 0.5) is 0 Å². The Labute approximate surface area is 246 Å². The highest BCUT2D eigenvalue weighted by Crippen LogP contribution is 2.12. The number of imide groups is 2. The molecule has 0 spiro atoms. The predicted molar refractivity (Wildman–Crippen MR) is 160 cm³/mol. The number of amides is 4. The summed E-state index contributed by atoms with van der Waals surface area (Å²) >= 11 is 0. The first-order valence-corrected chi connectivity index (χ1v) is 14.7. The maximum Gasteiger partial charge on any atom is 0.253 e. The molecular weight excluding hydrogens is 524 g/mol. The van der Waals surface area contributed by atoms with Gasteiger partial charge in [0.2, 0.25) is 0 Å². The molecule has 9 heteroatoms. The van der Waals surface area contributed by atoms with Crippen molar-refractivity contribution in [1.29, 1.82) is 0 Å². The smallest absolute Gasteiger partial charge is 0.253 e. The summed E-state index contributed by atoms with van der Waals surface area (Å²) in [5, 5.41) is 0. The monoisotopic (exact) mass is 576 g/mol. The summed E-state index contributed by atoms with van der Waals surface area (Å²) in [7, 11) is 0. The average molecular weight is 577 g/mol. The number of rotatable bonds is 20. The van der Waals surface area contributed by atoms with E-state index in [0.29, 0.717) is 70.7 Å². The number of ketones is 2. The van der Waals surface area contributed by atoms with Gasteiger partial charge < -0.3 is 4.74 Å². The summed E-state index contributed by atoms with van der Waals surface area (Å²) in [5.41, 5.74) is 0. The fourth-order valence-corrected chi connectivity index (χ4v) is 4.08. The molecule has 232 valence electrons. The van der Waals surface area contributed by atoms with Gasteiger partial charge in [0.05, 0.1) is 6.61 Å². The van der Waals surface area contributed by atoms with Crippen LogP contribution in [0.2, 0.25) is 0 Å². The van der Waals surface area contributed by atoms with Crippen LogP contribution in [0, 0.1) is 11.8 Å². The van der Waals surface area contributed by atoms with Gasteiger partial charge in [-0.3, -0.25) is 38.6 Å². The number of nitrogens with zero attached hydrogens (tertiary/aromatic N) is 2. The largest absolute Gasteiger partial charge is 0.381 e. The minimum absolute atomic E-state index is 0. The zero-order valence-electron chi connectivity index (χ0n) is 24.8. The molecule has 0 radical (unpaired) electrons. The van der Waals surface area contributed by atoms with Crippen LogP contribution in [-0.4, -0.2) is 71.3 Å². The van der Waals surface area contributed by atoms with Gasteiger partial charge in [0.1, 0.15) is 11.6 Å². The topological polar surface area (TPSA) is 118 Å². The molecule has 0 aromatic carbocycles. The molecule has 0 unspecified atom stereocenters. The van der Waals surface area contributed by atoms with Crippen LogP contribution in [-0.2, 0) is 33.5 Å². The predicted octanol–water partition coefficient (Wildman–Crippen LogP) is 5.22. The summed E-state index contributed by atoms with van der Waals surface area (Å²) < 4.78 is 5.38. The third-order valence-electron chi connectivity index (χ3n) is 6.58. The Hall–Kier alpha value is -2.94. The molecule has 4 amide bonds. The van der Waals surface area contributed by atoms with Gasteiger partial charge >= 0.3 is 0 Å². The van der Waals surface area contributed by atoms with Gasteiger partial charge in [-0.1, -0.05) is 54.4 Å². The maximum absolute atomic E-state index is 11.7. The van der Waals surface area contributed by atoms with Crippen molar-refractivity contribution in [3.63, 3.8) is 0 Å². The molecule has 0 atom stereocenters. The maximum atomic E-state index is 11.7. The molecule has 9 nitrogen and oxygen atoms in total. The molecule has 0 N–H and O–H groups in total. The lowest BCUT2D eigenvalue weighted by Crippen LogP contribution is -2.31. The highest BCUT2D eigenvalue weighted by Gasteiger charge is 2.23. The average Bonchev–Trinajstić information content (AvgIpc) is 3.38. The van der Waals surface area contributed by atoms with Crippen LogP contribution in [0.3, 0.4) is 0 Å². The standard InChI is InChI=1S/C16H25NO3.C15H23NO4.CH4/c1-13(2)7-4-3-5-8-14(18)9-6-12-17-15(19)10-11-16(17)20;1-12(2)7-10-20-11-8-13(17)4-3-9-16-14(18)5-6-15(16)19;/h10-11,13H,3-9,12H2,1-2H3;5-6,12H,3-4,7-11H2,1-2H3;1H4. The third kappa shape index (κ3) is 17.5. The Morgan fingerprint density at radius 3 is 1.44 bits per heavy atom. The van der Waals surface area contributed by atoms with Crippen molar-refractivity contribution in [3.05, 3.63) is 24.3 Å². The Balaban J connectivity index is 0.000000762. The van der Waals surface area contributed by atoms with E-state index in [4.69, 9.17) is 4.74 Å². The van der Waals surface area contributed by atoms with Crippen molar-refractivity contribution < 1.29 is 33.5 Å². The number of carbonyl (C=O) groups excluding carboxylic acids is 6. The summed E-state index contributed by atoms with van der Waals surface area (Å²) in [6.07, 6.45) is 13.5. The second kappa shape index (κ2) is 21.8. The Bertz CT molecular complexity index is 811. The van der Waals surface area contributed by atoms with Gasteiger partial charge in [0.15, 0.2) is 0 Å². The second-order valence-electron chi connectivity index (χ2n) is 11.1. The van der Waals surface area contributed by atoms with Crippen LogP contribution in [0.15, 0.2) is 24.3 Å². The van der Waals surface area contributed by atoms with Gasteiger partial charge in [-0.05, 0) is 37.5 Å². The van der Waals surface area contributed by atoms with Gasteiger partial charge in [-0.25, -0.2) is 0 Å². The van der Waals surface area contributed by atoms with Crippen molar-refractivity contribution in [1.82, 2.24) is 9.80 Å². The van der Waals surface area contributed by atoms with Crippen molar-refractivity contribution in [2.45, 2.75) is 106 Å². The van der Waals surface area contributed by atoms with Gasteiger partial charge in [-0.2, -0.15) is 0 Å². The highest BCUT2D eigenvalue weighted by atomic mass is 16.5. The molecule has 0 fully saturated rings. The van der Waals surface area contributed by atoms with E-state index in [1.54, 1.807) is 0 Å². The summed E-state index contributed by atoms with van der Waals surface area (Å²) in [4.78, 5) is 70.7. The Kier molecular flexibility index (Phi) is 20.2. The molecule has 0 aromatic rings. The number of Topliss-reactive ketones (excluding diaryl/α,β-unsaturated/α-hetero) is 2. The second-order valence-corrected chi connectivity index (χ2v) is 11.1. The van der Waals surface area contributed by atoms with Crippen molar-refractivity contribution in [3.8, 4) is 0 Å². The molecule has 0 aromatic heterocycles. The van der Waals surface area contributed by atoms with Crippen LogP contribution in [0.25, 0.3) is 0 Å². The lowest BCUT2D eigenvalue weighted by atomic mass is 10.0. The van der Waals surface area contributed by atoms with Crippen LogP contribution in [0.5, 0.6) is 0 Å². The van der Waals surface area contributed by atoms with E-state index in [9.17, 15) is 28.8 Å². The van der Waals surface area contributed by atoms with E-state index in [1.165, 1.54) is 42.0 Å². The summed E-state index contributed by atoms with van der Waals surface area (Å²) in [6.45, 7) is 10.5. The number of carbonyl (C=O) groups is 6. The first-order valence-electron chi connectivity index (χ1n) is 14.7. The van der Waals surface area contributed by atoms with Gasteiger partial charge in [-0.15, -0.1) is 0 Å². The fraction of sp³-hybridized carbons (Fsp3) is 0.688. The van der Waals surface area contributed by atoms with E-state index < -0.39 is 0 Å². The number of ether oxygens (including phenoxy) is 1. The van der Waals surface area contributed by atoms with E-state index in [1.807, 2.05) is 0 Å². The third-order valence-corrected chi connectivity index (χ3v) is 6.58. The normalized spacial score (nSPS) is 14.3. The van der Waals surface area contributed by atoms with Gasteiger partial charge in [0, 0.05) is 69.7 Å². The summed E-state index contributed by atoms with van der Waals surface area (Å²) in [6, 6.07) is 0. The van der Waals surface area contributed by atoms with Crippen molar-refractivity contribution in [2.24, 2.45) is 11.8 Å². The lowest BCUT2D eigenvalue weighted by Gasteiger charge is -2.12. The highest BCUT2D eigenvalue weighted by molar-refractivity contribution is 6.13. The number of hydrogen-bond acceptors (Lipinski definition) is 7. The molecule has 0 saturated carbocycles. The SMILES string of the molecule is C.CC(C)CCCCCC(=O)CCCN1C(=O)C=CC1=O.CC(C)CCOCCC(=O)CCCN1C(=O)C=CC1=O. The number of unbranched alkanes of at least 4 members (excludes halogenated alkanes) is 2. The zero-order chi connectivity index (χ0) is 29.9. The lowest BCUT2D eigenvalue weighted by molar-refractivity contribution is -0.138. The summed E-state index contributed by atoms with van der Waals surface area (Å²) in [5.74, 6) is 0.569. The quantitative estimate of drug-likeness (QED) is 0.144. The van der Waals surface area contributed by atoms with Crippen LogP contribution in [0.1, 0.15) is 106 Å². The minimum atomic E-state index is -0.292. The van der Waals surface area contributed by atoms with Crippen molar-refractivity contribution >= 4 is 35.2 Å². The molecule has 2 aliphatic heterocycles. The van der Waals surface area contributed by atoms with Crippen LogP contribution >= 0.6 is 0 Å². The van der Waals surface area contributed by atoms with E-state index in [-0.39, 0.29) is 42.6 Å². The molecule has 2 aliphatic rings. The molecule has 0 bridgehead atoms. The van der Waals surface area contributed by atoms with E-state index in [2.05, 4.69) is 27.7 Å². The molecule has 0 saturated heterocycles. The first kappa shape index (κ1) is 38.1. The van der Waals surface area contributed by atoms with E-state index in [0.717, 1.165) is 30.1 Å². The molecular formula is C32H52N2O7. The Morgan fingerprint density at radius 2 is 1.00 bits per heavy atom. The molecule has 41 heavy (non-hydrogen) atoms. The molecule has 2 rings (SSSR count). The van der Waals surface area contributed by atoms with Gasteiger partial charge in [0.25, 0.3) is 23.6 Å². The van der Waals surface area contributed by atoms with Crippen LogP contribution < -0.4 is 0 Å². The van der Waals surface area contributed by atoms with E-state index >= 15 is 0 Å². The number of hydrogen-bond donors (Lipinski definition) is 0. The Morgan fingerprint density at radius 1 is 0.585 bits per heavy atom. The first-order chi connectivity index (χ1) is 19.0. The zero-order valence-corrected chi connectivity index (χ0v) is 24.8. The fourth-order valence-electron chi connectivity index (χ4n) is 4.08. The minimum Gasteiger partial charge on any atom is -0.381 e. The van der Waals surface area contributed by atoms with Crippen molar-refractivity contribution in [2.75, 3.05) is 26.3 Å². The molecule has 0 aliphatic carbocycles.